The Morgan fingerprint density at radius 3 is 2.24 bits per heavy atom. The maximum atomic E-state index is 10.7. The van der Waals surface area contributed by atoms with Crippen molar-refractivity contribution in [3.63, 3.8) is 0 Å². The van der Waals surface area contributed by atoms with Gasteiger partial charge >= 0.3 is 0 Å². The molecule has 0 amide bonds. The molecule has 0 N–H and O–H groups in total. The highest BCUT2D eigenvalue weighted by Gasteiger charge is 2.07. The molecule has 0 aromatic heterocycles. The van der Waals surface area contributed by atoms with Crippen molar-refractivity contribution >= 4 is 11.8 Å². The van der Waals surface area contributed by atoms with Gasteiger partial charge in [-0.05, 0) is 34.9 Å². The Balaban J connectivity index is 2.51. The van der Waals surface area contributed by atoms with Gasteiger partial charge in [-0.15, -0.1) is 0 Å². The third-order valence-corrected chi connectivity index (χ3v) is 2.89. The SMILES string of the molecule is N#CC(C#N)=Cc1ccccc1-c1ccc([N+](=O)[O-])cc1. The summed E-state index contributed by atoms with van der Waals surface area (Å²) in [4.78, 5) is 10.2. The molecule has 0 saturated heterocycles. The van der Waals surface area contributed by atoms with Gasteiger partial charge < -0.3 is 0 Å². The fraction of sp³-hybridized carbons (Fsp3) is 0. The van der Waals surface area contributed by atoms with Crippen molar-refractivity contribution in [2.24, 2.45) is 0 Å². The minimum Gasteiger partial charge on any atom is -0.258 e. The van der Waals surface area contributed by atoms with Crippen LogP contribution in [0.1, 0.15) is 5.56 Å². The lowest BCUT2D eigenvalue weighted by Gasteiger charge is -2.06. The maximum absolute atomic E-state index is 10.7. The fourth-order valence-electron chi connectivity index (χ4n) is 1.89. The number of non-ortho nitro benzene ring substituents is 1. The van der Waals surface area contributed by atoms with Crippen LogP contribution in [-0.2, 0) is 0 Å². The van der Waals surface area contributed by atoms with Crippen LogP contribution in [0.4, 0.5) is 5.69 Å². The van der Waals surface area contributed by atoms with Crippen LogP contribution in [0.3, 0.4) is 0 Å². The van der Waals surface area contributed by atoms with Crippen LogP contribution < -0.4 is 0 Å². The molecule has 5 heteroatoms. The van der Waals surface area contributed by atoms with E-state index in [0.717, 1.165) is 11.1 Å². The first-order valence-electron chi connectivity index (χ1n) is 6.01. The lowest BCUT2D eigenvalue weighted by molar-refractivity contribution is -0.384. The first kappa shape index (κ1) is 14.0. The van der Waals surface area contributed by atoms with Crippen molar-refractivity contribution in [1.29, 1.82) is 10.5 Å². The zero-order valence-electron chi connectivity index (χ0n) is 10.9. The Morgan fingerprint density at radius 1 is 1.05 bits per heavy atom. The lowest BCUT2D eigenvalue weighted by atomic mass is 9.98. The molecule has 0 bridgehead atoms. The molecule has 2 rings (SSSR count). The Hall–Kier alpha value is -3.44. The van der Waals surface area contributed by atoms with Gasteiger partial charge in [-0.1, -0.05) is 24.3 Å². The molecule has 0 aliphatic heterocycles. The summed E-state index contributed by atoms with van der Waals surface area (Å²) in [6.07, 6.45) is 1.50. The van der Waals surface area contributed by atoms with Gasteiger partial charge in [-0.2, -0.15) is 10.5 Å². The van der Waals surface area contributed by atoms with E-state index in [-0.39, 0.29) is 11.3 Å². The lowest BCUT2D eigenvalue weighted by Crippen LogP contribution is -1.88. The first-order chi connectivity index (χ1) is 10.2. The van der Waals surface area contributed by atoms with E-state index in [1.807, 2.05) is 24.3 Å². The summed E-state index contributed by atoms with van der Waals surface area (Å²) in [7, 11) is 0. The Labute approximate surface area is 121 Å². The second kappa shape index (κ2) is 6.14. The monoisotopic (exact) mass is 275 g/mol. The number of hydrogen-bond donors (Lipinski definition) is 0. The number of nitro benzene ring substituents is 1. The van der Waals surface area contributed by atoms with E-state index in [9.17, 15) is 10.1 Å². The molecule has 0 fully saturated rings. The van der Waals surface area contributed by atoms with Gasteiger partial charge in [0.05, 0.1) is 4.92 Å². The van der Waals surface area contributed by atoms with Gasteiger partial charge in [-0.25, -0.2) is 0 Å². The molecule has 0 aliphatic rings. The zero-order chi connectivity index (χ0) is 15.2. The minimum atomic E-state index is -0.459. The van der Waals surface area contributed by atoms with Crippen molar-refractivity contribution in [3.05, 3.63) is 69.8 Å². The molecule has 0 aliphatic carbocycles. The maximum Gasteiger partial charge on any atom is 0.269 e. The highest BCUT2D eigenvalue weighted by Crippen LogP contribution is 2.27. The fourth-order valence-corrected chi connectivity index (χ4v) is 1.89. The number of nitro groups is 1. The van der Waals surface area contributed by atoms with E-state index in [1.165, 1.54) is 18.2 Å². The predicted molar refractivity (Wildman–Crippen MR) is 77.7 cm³/mol. The third-order valence-electron chi connectivity index (χ3n) is 2.89. The van der Waals surface area contributed by atoms with E-state index in [1.54, 1.807) is 24.3 Å². The van der Waals surface area contributed by atoms with Crippen molar-refractivity contribution in [2.75, 3.05) is 0 Å². The summed E-state index contributed by atoms with van der Waals surface area (Å²) in [5, 5.41) is 28.3. The molecule has 0 unspecified atom stereocenters. The molecule has 0 spiro atoms. The van der Waals surface area contributed by atoms with Gasteiger partial charge in [-0.3, -0.25) is 10.1 Å². The highest BCUT2D eigenvalue weighted by molar-refractivity contribution is 5.78. The normalized spacial score (nSPS) is 9.24. The molecule has 21 heavy (non-hydrogen) atoms. The van der Waals surface area contributed by atoms with E-state index in [2.05, 4.69) is 0 Å². The minimum absolute atomic E-state index is 0.00404. The molecule has 0 saturated carbocycles. The molecule has 0 radical (unpaired) electrons. The standard InChI is InChI=1S/C16H9N3O2/c17-10-12(11-18)9-14-3-1-2-4-16(14)13-5-7-15(8-6-13)19(20)21/h1-9H. The van der Waals surface area contributed by atoms with Crippen molar-refractivity contribution in [2.45, 2.75) is 0 Å². The largest absolute Gasteiger partial charge is 0.269 e. The van der Waals surface area contributed by atoms with E-state index in [4.69, 9.17) is 10.5 Å². The van der Waals surface area contributed by atoms with Crippen molar-refractivity contribution in [3.8, 4) is 23.3 Å². The van der Waals surface area contributed by atoms with Crippen LogP contribution in [-0.4, -0.2) is 4.92 Å². The third kappa shape index (κ3) is 3.12. The molecule has 2 aromatic carbocycles. The molecule has 5 nitrogen and oxygen atoms in total. The van der Waals surface area contributed by atoms with Crippen LogP contribution in [0.15, 0.2) is 54.1 Å². The molecule has 0 heterocycles. The van der Waals surface area contributed by atoms with Crippen molar-refractivity contribution in [1.82, 2.24) is 0 Å². The van der Waals surface area contributed by atoms with Crippen LogP contribution in [0.5, 0.6) is 0 Å². The van der Waals surface area contributed by atoms with Gasteiger partial charge in [0.2, 0.25) is 0 Å². The number of hydrogen-bond acceptors (Lipinski definition) is 4. The second-order valence-electron chi connectivity index (χ2n) is 4.17. The number of benzene rings is 2. The summed E-state index contributed by atoms with van der Waals surface area (Å²) in [5.41, 5.74) is 2.31. The van der Waals surface area contributed by atoms with Crippen LogP contribution >= 0.6 is 0 Å². The summed E-state index contributed by atoms with van der Waals surface area (Å²) >= 11 is 0. The smallest absolute Gasteiger partial charge is 0.258 e. The number of allylic oxidation sites excluding steroid dienone is 1. The Kier molecular flexibility index (Phi) is 4.09. The van der Waals surface area contributed by atoms with Gasteiger partial charge in [0.15, 0.2) is 0 Å². The van der Waals surface area contributed by atoms with Gasteiger partial charge in [0.1, 0.15) is 17.7 Å². The molecule has 0 atom stereocenters. The number of nitriles is 2. The average molecular weight is 275 g/mol. The summed E-state index contributed by atoms with van der Waals surface area (Å²) < 4.78 is 0. The molecule has 100 valence electrons. The van der Waals surface area contributed by atoms with E-state index < -0.39 is 4.92 Å². The van der Waals surface area contributed by atoms with E-state index >= 15 is 0 Å². The van der Waals surface area contributed by atoms with Gasteiger partial charge in [0, 0.05) is 12.1 Å². The Morgan fingerprint density at radius 2 is 1.67 bits per heavy atom. The summed E-state index contributed by atoms with van der Waals surface area (Å²) in [6.45, 7) is 0. The molecular formula is C16H9N3O2. The topological polar surface area (TPSA) is 90.7 Å². The quantitative estimate of drug-likeness (QED) is 0.485. The number of nitrogens with zero attached hydrogens (tertiary/aromatic N) is 3. The van der Waals surface area contributed by atoms with Crippen LogP contribution in [0, 0.1) is 32.8 Å². The van der Waals surface area contributed by atoms with Crippen LogP contribution in [0.25, 0.3) is 17.2 Å². The second-order valence-corrected chi connectivity index (χ2v) is 4.17. The first-order valence-corrected chi connectivity index (χ1v) is 6.01. The summed E-state index contributed by atoms with van der Waals surface area (Å²) in [5.74, 6) is 0. The Bertz CT molecular complexity index is 778. The van der Waals surface area contributed by atoms with Gasteiger partial charge in [0.25, 0.3) is 5.69 Å². The molecular weight excluding hydrogens is 266 g/mol. The average Bonchev–Trinajstić information content (AvgIpc) is 2.53. The molecule has 2 aromatic rings. The zero-order valence-corrected chi connectivity index (χ0v) is 10.9. The van der Waals surface area contributed by atoms with Crippen molar-refractivity contribution < 1.29 is 4.92 Å². The highest BCUT2D eigenvalue weighted by atomic mass is 16.6. The summed E-state index contributed by atoms with van der Waals surface area (Å²) in [6, 6.07) is 17.0. The predicted octanol–water partition coefficient (Wildman–Crippen LogP) is 3.69. The van der Waals surface area contributed by atoms with E-state index in [0.29, 0.717) is 5.56 Å². The number of rotatable bonds is 3. The van der Waals surface area contributed by atoms with Crippen LogP contribution in [0.2, 0.25) is 0 Å².